The average molecular weight is 606 g/mol. The molecule has 44 heavy (non-hydrogen) atoms. The Morgan fingerprint density at radius 1 is 0.909 bits per heavy atom. The van der Waals surface area contributed by atoms with E-state index in [1.807, 2.05) is 18.2 Å². The molecule has 4 aliphatic rings. The van der Waals surface area contributed by atoms with E-state index < -0.39 is 5.92 Å². The predicted octanol–water partition coefficient (Wildman–Crippen LogP) is 3.63. The third kappa shape index (κ3) is 5.12. The first-order valence-corrected chi connectivity index (χ1v) is 15.3. The molecule has 2 saturated heterocycles. The van der Waals surface area contributed by atoms with Crippen molar-refractivity contribution in [3.05, 3.63) is 64.6 Å². The summed E-state index contributed by atoms with van der Waals surface area (Å²) in [6.45, 7) is 9.24. The van der Waals surface area contributed by atoms with E-state index >= 15 is 0 Å². The molecule has 11 heteroatoms. The molecule has 1 aliphatic carbocycles. The van der Waals surface area contributed by atoms with Gasteiger partial charge in [-0.2, -0.15) is 0 Å². The second-order valence-electron chi connectivity index (χ2n) is 11.8. The van der Waals surface area contributed by atoms with Crippen LogP contribution in [0.3, 0.4) is 0 Å². The van der Waals surface area contributed by atoms with Gasteiger partial charge in [0, 0.05) is 44.1 Å². The third-order valence-electron chi connectivity index (χ3n) is 9.55. The van der Waals surface area contributed by atoms with Crippen LogP contribution in [0.4, 0.5) is 0 Å². The van der Waals surface area contributed by atoms with Crippen molar-refractivity contribution in [1.82, 2.24) is 15.1 Å². The molecular weight excluding hydrogens is 566 g/mol. The number of carbonyl (C=O) groups excluding carboxylic acids is 1. The molecule has 7 rings (SSSR count). The van der Waals surface area contributed by atoms with Gasteiger partial charge in [0.15, 0.2) is 23.0 Å². The normalized spacial score (nSPS) is 24.6. The number of methoxy groups -OCH3 is 2. The molecule has 4 heterocycles. The number of cyclic esters (lactones) is 1. The van der Waals surface area contributed by atoms with Crippen LogP contribution >= 0.6 is 0 Å². The number of nitrogens with one attached hydrogen (secondary N) is 1. The van der Waals surface area contributed by atoms with E-state index in [1.54, 1.807) is 12.1 Å². The number of phenolic OH excluding ortho intramolecular Hbond substituents is 1. The third-order valence-corrected chi connectivity index (χ3v) is 9.55. The summed E-state index contributed by atoms with van der Waals surface area (Å²) < 4.78 is 34.5. The van der Waals surface area contributed by atoms with Gasteiger partial charge in [0.05, 0.1) is 39.8 Å². The lowest BCUT2D eigenvalue weighted by molar-refractivity contribution is -0.141. The maximum atomic E-state index is 13.4. The number of hydrogen-bond donors (Lipinski definition) is 2. The zero-order valence-corrected chi connectivity index (χ0v) is 25.3. The first-order valence-electron chi connectivity index (χ1n) is 15.3. The summed E-state index contributed by atoms with van der Waals surface area (Å²) in [5.41, 5.74) is 2.71. The molecule has 0 spiro atoms. The lowest BCUT2D eigenvalue weighted by Crippen LogP contribution is -2.45. The lowest BCUT2D eigenvalue weighted by atomic mass is 9.65. The average Bonchev–Trinajstić information content (AvgIpc) is 3.79. The molecule has 11 nitrogen and oxygen atoms in total. The number of benzene rings is 2. The lowest BCUT2D eigenvalue weighted by Gasteiger charge is -2.39. The highest BCUT2D eigenvalue weighted by Gasteiger charge is 2.52. The number of hydrogen-bond acceptors (Lipinski definition) is 11. The van der Waals surface area contributed by atoms with Crippen molar-refractivity contribution in [2.24, 2.45) is 11.8 Å². The SMILES string of the molecule is CCN1CCN(Cc2ccc(CN[C@@H]3c4cc5c(cc4[C@@H](c4cc(OC)c(O)c(OC)c4)[C@H]4C(=O)OC[C@@H]43)OCO5)o2)CC1. The maximum absolute atomic E-state index is 13.4. The van der Waals surface area contributed by atoms with E-state index in [4.69, 9.17) is 28.1 Å². The highest BCUT2D eigenvalue weighted by Crippen LogP contribution is 2.55. The minimum absolute atomic E-state index is 0.0911. The minimum Gasteiger partial charge on any atom is -0.502 e. The van der Waals surface area contributed by atoms with E-state index in [0.29, 0.717) is 18.0 Å². The molecule has 2 N–H and O–H groups in total. The van der Waals surface area contributed by atoms with Crippen molar-refractivity contribution >= 4 is 5.97 Å². The van der Waals surface area contributed by atoms with E-state index in [9.17, 15) is 9.90 Å². The molecule has 0 saturated carbocycles. The van der Waals surface area contributed by atoms with Crippen molar-refractivity contribution in [1.29, 1.82) is 0 Å². The molecular formula is C33H39N3O8. The van der Waals surface area contributed by atoms with Gasteiger partial charge in [-0.25, -0.2) is 0 Å². The zero-order chi connectivity index (χ0) is 30.4. The second-order valence-corrected chi connectivity index (χ2v) is 11.8. The van der Waals surface area contributed by atoms with Crippen molar-refractivity contribution < 1.29 is 38.0 Å². The summed E-state index contributed by atoms with van der Waals surface area (Å²) in [6, 6.07) is 11.4. The smallest absolute Gasteiger partial charge is 0.310 e. The number of phenols is 1. The van der Waals surface area contributed by atoms with Crippen LogP contribution in [0.5, 0.6) is 28.7 Å². The Kier molecular flexibility index (Phi) is 7.77. The Labute approximate surface area is 256 Å². The number of rotatable bonds is 9. The highest BCUT2D eigenvalue weighted by atomic mass is 16.7. The van der Waals surface area contributed by atoms with Crippen LogP contribution in [0.1, 0.15) is 47.1 Å². The summed E-state index contributed by atoms with van der Waals surface area (Å²) in [5.74, 6) is 2.26. The first kappa shape index (κ1) is 28.8. The van der Waals surface area contributed by atoms with Crippen LogP contribution < -0.4 is 24.3 Å². The van der Waals surface area contributed by atoms with Crippen LogP contribution in [0.25, 0.3) is 0 Å². The zero-order valence-electron chi connectivity index (χ0n) is 25.3. The predicted molar refractivity (Wildman–Crippen MR) is 159 cm³/mol. The van der Waals surface area contributed by atoms with E-state index in [1.165, 1.54) is 14.2 Å². The van der Waals surface area contributed by atoms with Crippen LogP contribution in [0.15, 0.2) is 40.8 Å². The molecule has 0 amide bonds. The van der Waals surface area contributed by atoms with Gasteiger partial charge in [0.2, 0.25) is 12.5 Å². The molecule has 234 valence electrons. The molecule has 3 aliphatic heterocycles. The maximum Gasteiger partial charge on any atom is 0.310 e. The molecule has 2 fully saturated rings. The number of likely N-dealkylation sites (N-methyl/N-ethyl adjacent to an activating group) is 1. The van der Waals surface area contributed by atoms with Gasteiger partial charge >= 0.3 is 5.97 Å². The minimum atomic E-state index is -0.478. The summed E-state index contributed by atoms with van der Waals surface area (Å²) in [4.78, 5) is 18.3. The molecule has 0 radical (unpaired) electrons. The van der Waals surface area contributed by atoms with Gasteiger partial charge in [-0.1, -0.05) is 6.92 Å². The Hall–Kier alpha value is -3.93. The summed E-state index contributed by atoms with van der Waals surface area (Å²) in [6.07, 6.45) is 0. The number of aromatic hydroxyl groups is 1. The largest absolute Gasteiger partial charge is 0.502 e. The Balaban J connectivity index is 1.19. The standard InChI is InChI=1S/C33H39N3O8/c1-4-35-7-9-36(10-8-35)16-21-6-5-20(44-21)15-34-31-23-14-26-25(42-18-43-26)13-22(23)29(30-24(31)17-41-33(30)38)19-11-27(39-2)32(37)28(12-19)40-3/h5-6,11-14,24,29-31,34,37H,4,7-10,15-18H2,1-3H3/t24-,29+,30-,31+/m0/s1. The van der Waals surface area contributed by atoms with E-state index in [0.717, 1.165) is 67.5 Å². The van der Waals surface area contributed by atoms with Crippen LogP contribution in [0.2, 0.25) is 0 Å². The fourth-order valence-corrected chi connectivity index (χ4v) is 7.21. The van der Waals surface area contributed by atoms with Crippen LogP contribution in [-0.4, -0.2) is 81.2 Å². The van der Waals surface area contributed by atoms with Gasteiger partial charge < -0.3 is 43.4 Å². The van der Waals surface area contributed by atoms with Crippen molar-refractivity contribution in [2.45, 2.75) is 32.0 Å². The summed E-state index contributed by atoms with van der Waals surface area (Å²) >= 11 is 0. The molecule has 0 bridgehead atoms. The molecule has 2 aromatic carbocycles. The van der Waals surface area contributed by atoms with Crippen molar-refractivity contribution in [2.75, 3.05) is 60.3 Å². The number of furan rings is 1. The summed E-state index contributed by atoms with van der Waals surface area (Å²) in [5, 5.41) is 14.3. The monoisotopic (exact) mass is 605 g/mol. The first-order chi connectivity index (χ1) is 21.5. The van der Waals surface area contributed by atoms with Gasteiger partial charge in [-0.15, -0.1) is 0 Å². The Morgan fingerprint density at radius 2 is 1.57 bits per heavy atom. The van der Waals surface area contributed by atoms with Gasteiger partial charge in [0.1, 0.15) is 11.5 Å². The number of piperazine rings is 1. The molecule has 3 aromatic rings. The van der Waals surface area contributed by atoms with Gasteiger partial charge in [-0.05, 0) is 59.6 Å². The number of esters is 1. The number of fused-ring (bicyclic) bond motifs is 3. The number of ether oxygens (including phenoxy) is 5. The number of carbonyl (C=O) groups is 1. The van der Waals surface area contributed by atoms with Crippen molar-refractivity contribution in [3.8, 4) is 28.7 Å². The highest BCUT2D eigenvalue weighted by molar-refractivity contribution is 5.79. The quantitative estimate of drug-likeness (QED) is 0.349. The van der Waals surface area contributed by atoms with Crippen molar-refractivity contribution in [3.63, 3.8) is 0 Å². The Morgan fingerprint density at radius 3 is 2.25 bits per heavy atom. The fourth-order valence-electron chi connectivity index (χ4n) is 7.21. The molecule has 0 unspecified atom stereocenters. The molecule has 1 aromatic heterocycles. The van der Waals surface area contributed by atoms with E-state index in [2.05, 4.69) is 28.1 Å². The van der Waals surface area contributed by atoms with Crippen LogP contribution in [0, 0.1) is 11.8 Å². The topological polar surface area (TPSA) is 115 Å². The fraction of sp³-hybridized carbons (Fsp3) is 0.485. The molecule has 4 atom stereocenters. The number of nitrogens with zero attached hydrogens (tertiary/aromatic N) is 2. The second kappa shape index (κ2) is 11.9. The summed E-state index contributed by atoms with van der Waals surface area (Å²) in [7, 11) is 2.98. The van der Waals surface area contributed by atoms with Gasteiger partial charge in [-0.3, -0.25) is 9.69 Å². The van der Waals surface area contributed by atoms with E-state index in [-0.39, 0.29) is 54.5 Å². The van der Waals surface area contributed by atoms with Gasteiger partial charge in [0.25, 0.3) is 0 Å². The Bertz CT molecular complexity index is 1510. The van der Waals surface area contributed by atoms with Crippen LogP contribution in [-0.2, 0) is 22.6 Å².